The summed E-state index contributed by atoms with van der Waals surface area (Å²) >= 11 is 0. The second kappa shape index (κ2) is 6.67. The average Bonchev–Trinajstić information content (AvgIpc) is 3.12. The summed E-state index contributed by atoms with van der Waals surface area (Å²) in [6, 6.07) is 7.11. The molecule has 0 amide bonds. The van der Waals surface area contributed by atoms with Crippen LogP contribution in [0, 0.1) is 6.92 Å². The summed E-state index contributed by atoms with van der Waals surface area (Å²) in [7, 11) is 0. The van der Waals surface area contributed by atoms with Gasteiger partial charge >= 0.3 is 0 Å². The third-order valence-corrected chi connectivity index (χ3v) is 3.73. The van der Waals surface area contributed by atoms with E-state index in [0.29, 0.717) is 34.2 Å². The molecule has 0 N–H and O–H groups in total. The molecule has 0 aliphatic heterocycles. The topological polar surface area (TPSA) is 95.2 Å². The monoisotopic (exact) mass is 346 g/mol. The predicted octanol–water partition coefficient (Wildman–Crippen LogP) is 2.44. The van der Waals surface area contributed by atoms with Gasteiger partial charge in [0.2, 0.25) is 0 Å². The van der Waals surface area contributed by atoms with Crippen molar-refractivity contribution in [3.8, 4) is 11.5 Å². The van der Waals surface area contributed by atoms with Gasteiger partial charge < -0.3 is 4.74 Å². The summed E-state index contributed by atoms with van der Waals surface area (Å²) < 4.78 is 7.43. The van der Waals surface area contributed by atoms with Gasteiger partial charge in [0.15, 0.2) is 17.2 Å². The third-order valence-electron chi connectivity index (χ3n) is 3.73. The van der Waals surface area contributed by atoms with Crippen molar-refractivity contribution in [3.05, 3.63) is 72.5 Å². The molecular weight excluding hydrogens is 332 g/mol. The minimum atomic E-state index is -0.118. The van der Waals surface area contributed by atoms with E-state index in [0.717, 1.165) is 0 Å². The van der Waals surface area contributed by atoms with E-state index in [1.54, 1.807) is 42.2 Å². The summed E-state index contributed by atoms with van der Waals surface area (Å²) in [5.74, 6) is 1.48. The van der Waals surface area contributed by atoms with Gasteiger partial charge in [-0.3, -0.25) is 14.2 Å². The predicted molar refractivity (Wildman–Crippen MR) is 92.1 cm³/mol. The first-order valence-corrected chi connectivity index (χ1v) is 7.92. The van der Waals surface area contributed by atoms with Crippen molar-refractivity contribution in [3.63, 3.8) is 0 Å². The Morgan fingerprint density at radius 2 is 2.00 bits per heavy atom. The smallest absolute Gasteiger partial charge is 0.172 e. The number of aryl methyl sites for hydroxylation is 1. The first-order chi connectivity index (χ1) is 12.7. The van der Waals surface area contributed by atoms with E-state index < -0.39 is 0 Å². The molecule has 128 valence electrons. The summed E-state index contributed by atoms with van der Waals surface area (Å²) in [5.41, 5.74) is 1.57. The normalized spacial score (nSPS) is 10.8. The second-order valence-corrected chi connectivity index (χ2v) is 5.64. The molecular formula is C18H14N6O2. The second-order valence-electron chi connectivity index (χ2n) is 5.64. The van der Waals surface area contributed by atoms with E-state index in [2.05, 4.69) is 25.1 Å². The Morgan fingerprint density at radius 3 is 2.77 bits per heavy atom. The number of hydrogen-bond acceptors (Lipinski definition) is 7. The van der Waals surface area contributed by atoms with Gasteiger partial charge in [-0.25, -0.2) is 9.97 Å². The molecule has 0 aliphatic rings. The van der Waals surface area contributed by atoms with E-state index in [1.165, 1.54) is 6.33 Å². The van der Waals surface area contributed by atoms with Crippen molar-refractivity contribution in [1.29, 1.82) is 0 Å². The average molecular weight is 346 g/mol. The maximum Gasteiger partial charge on any atom is 0.172 e. The van der Waals surface area contributed by atoms with Crippen LogP contribution in [0.15, 0.2) is 55.4 Å². The molecule has 0 fully saturated rings. The fourth-order valence-corrected chi connectivity index (χ4v) is 2.50. The lowest BCUT2D eigenvalue weighted by molar-refractivity contribution is 0.0992. The zero-order valence-electron chi connectivity index (χ0n) is 13.9. The van der Waals surface area contributed by atoms with Crippen LogP contribution in [0.2, 0.25) is 0 Å². The Bertz CT molecular complexity index is 1060. The number of ether oxygens (including phenoxy) is 1. The van der Waals surface area contributed by atoms with Crippen LogP contribution in [-0.2, 0) is 6.42 Å². The minimum absolute atomic E-state index is 0.118. The first kappa shape index (κ1) is 15.8. The van der Waals surface area contributed by atoms with Crippen LogP contribution >= 0.6 is 0 Å². The Kier molecular flexibility index (Phi) is 4.06. The maximum absolute atomic E-state index is 12.8. The molecule has 0 saturated heterocycles. The Hall–Kier alpha value is -3.68. The highest BCUT2D eigenvalue weighted by atomic mass is 16.5. The summed E-state index contributed by atoms with van der Waals surface area (Å²) in [6.45, 7) is 1.79. The Balaban J connectivity index is 1.68. The SMILES string of the molecule is Cc1ncc(Oc2cc(C(=O)Cc3ccccn3)c3nncn3c2)cn1. The molecule has 26 heavy (non-hydrogen) atoms. The highest BCUT2D eigenvalue weighted by Gasteiger charge is 2.16. The van der Waals surface area contributed by atoms with Crippen molar-refractivity contribution in [2.45, 2.75) is 13.3 Å². The van der Waals surface area contributed by atoms with Crippen LogP contribution in [0.4, 0.5) is 0 Å². The molecule has 0 aromatic carbocycles. The Labute approximate surface area is 148 Å². The molecule has 0 aliphatic carbocycles. The number of Topliss-reactive ketones (excluding diaryl/α,β-unsaturated/α-hetero) is 1. The molecule has 4 aromatic heterocycles. The number of aromatic nitrogens is 6. The van der Waals surface area contributed by atoms with Gasteiger partial charge in [0.05, 0.1) is 30.6 Å². The van der Waals surface area contributed by atoms with E-state index in [9.17, 15) is 4.79 Å². The molecule has 0 radical (unpaired) electrons. The molecule has 0 saturated carbocycles. The lowest BCUT2D eigenvalue weighted by Gasteiger charge is -2.08. The van der Waals surface area contributed by atoms with Crippen LogP contribution < -0.4 is 4.74 Å². The minimum Gasteiger partial charge on any atom is -0.453 e. The van der Waals surface area contributed by atoms with Gasteiger partial charge in [0.1, 0.15) is 17.9 Å². The van der Waals surface area contributed by atoms with Crippen molar-refractivity contribution in [2.24, 2.45) is 0 Å². The number of pyridine rings is 2. The number of carbonyl (C=O) groups is 1. The summed E-state index contributed by atoms with van der Waals surface area (Å²) in [4.78, 5) is 25.2. The molecule has 4 rings (SSSR count). The van der Waals surface area contributed by atoms with Gasteiger partial charge in [-0.2, -0.15) is 0 Å². The van der Waals surface area contributed by atoms with Gasteiger partial charge in [0.25, 0.3) is 0 Å². The number of ketones is 1. The molecule has 4 aromatic rings. The van der Waals surface area contributed by atoms with E-state index in [1.807, 2.05) is 18.2 Å². The van der Waals surface area contributed by atoms with Gasteiger partial charge in [-0.1, -0.05) is 6.07 Å². The quantitative estimate of drug-likeness (QED) is 0.512. The lowest BCUT2D eigenvalue weighted by Crippen LogP contribution is -2.08. The fourth-order valence-electron chi connectivity index (χ4n) is 2.50. The fraction of sp³-hybridized carbons (Fsp3) is 0.111. The summed E-state index contributed by atoms with van der Waals surface area (Å²) in [6.07, 6.45) is 8.20. The van der Waals surface area contributed by atoms with Crippen molar-refractivity contribution in [2.75, 3.05) is 0 Å². The van der Waals surface area contributed by atoms with Crippen LogP contribution in [0.1, 0.15) is 21.9 Å². The molecule has 8 nitrogen and oxygen atoms in total. The standard InChI is InChI=1S/C18H14N6O2/c1-12-20-8-15(9-21-12)26-14-7-16(18-23-22-11-24(18)10-14)17(25)6-13-4-2-3-5-19-13/h2-5,7-11H,6H2,1H3. The van der Waals surface area contributed by atoms with Gasteiger partial charge in [-0.05, 0) is 25.1 Å². The molecule has 0 spiro atoms. The highest BCUT2D eigenvalue weighted by Crippen LogP contribution is 2.24. The number of fused-ring (bicyclic) bond motifs is 1. The van der Waals surface area contributed by atoms with Crippen LogP contribution in [0.25, 0.3) is 5.65 Å². The lowest BCUT2D eigenvalue weighted by atomic mass is 10.1. The largest absolute Gasteiger partial charge is 0.453 e. The van der Waals surface area contributed by atoms with Crippen LogP contribution in [-0.4, -0.2) is 35.3 Å². The molecule has 0 bridgehead atoms. The highest BCUT2D eigenvalue weighted by molar-refractivity contribution is 6.02. The van der Waals surface area contributed by atoms with Crippen molar-refractivity contribution < 1.29 is 9.53 Å². The van der Waals surface area contributed by atoms with Gasteiger partial charge in [-0.15, -0.1) is 10.2 Å². The molecule has 0 unspecified atom stereocenters. The van der Waals surface area contributed by atoms with E-state index in [4.69, 9.17) is 4.74 Å². The van der Waals surface area contributed by atoms with Gasteiger partial charge in [0, 0.05) is 11.9 Å². The third kappa shape index (κ3) is 3.25. The number of nitrogens with zero attached hydrogens (tertiary/aromatic N) is 6. The molecule has 0 atom stereocenters. The van der Waals surface area contributed by atoms with Crippen LogP contribution in [0.3, 0.4) is 0 Å². The Morgan fingerprint density at radius 1 is 1.15 bits per heavy atom. The number of hydrogen-bond donors (Lipinski definition) is 0. The molecule has 4 heterocycles. The maximum atomic E-state index is 12.8. The van der Waals surface area contributed by atoms with Crippen molar-refractivity contribution in [1.82, 2.24) is 29.5 Å². The zero-order valence-corrected chi connectivity index (χ0v) is 13.9. The van der Waals surface area contributed by atoms with E-state index in [-0.39, 0.29) is 12.2 Å². The number of carbonyl (C=O) groups excluding carboxylic acids is 1. The van der Waals surface area contributed by atoms with Crippen molar-refractivity contribution >= 4 is 11.4 Å². The van der Waals surface area contributed by atoms with E-state index >= 15 is 0 Å². The molecule has 8 heteroatoms. The van der Waals surface area contributed by atoms with Crippen LogP contribution in [0.5, 0.6) is 11.5 Å². The zero-order chi connectivity index (χ0) is 17.9. The number of rotatable bonds is 5. The first-order valence-electron chi connectivity index (χ1n) is 7.92. The summed E-state index contributed by atoms with van der Waals surface area (Å²) in [5, 5.41) is 7.91.